The summed E-state index contributed by atoms with van der Waals surface area (Å²) in [4.78, 5) is 43.7. The van der Waals surface area contributed by atoms with Crippen LogP contribution in [0.3, 0.4) is 0 Å². The molecule has 0 aromatic heterocycles. The van der Waals surface area contributed by atoms with Crippen molar-refractivity contribution in [3.8, 4) is 0 Å². The van der Waals surface area contributed by atoms with E-state index in [9.17, 15) is 9.59 Å². The maximum Gasteiger partial charge on any atom is 0.325 e. The summed E-state index contributed by atoms with van der Waals surface area (Å²) in [5, 5.41) is 0. The first-order valence-electron chi connectivity index (χ1n) is 9.73. The number of urea groups is 2. The quantitative estimate of drug-likeness (QED) is 0.545. The van der Waals surface area contributed by atoms with Gasteiger partial charge in [0.15, 0.2) is 12.3 Å². The fraction of sp³-hybridized carbons (Fsp3) is 0.875. The molecule has 6 heterocycles. The molecule has 0 saturated carbocycles. The zero-order chi connectivity index (χ0) is 17.4. The fourth-order valence-electron chi connectivity index (χ4n) is 5.55. The van der Waals surface area contributed by atoms with Crippen molar-refractivity contribution in [1.82, 2.24) is 39.2 Å². The summed E-state index contributed by atoms with van der Waals surface area (Å²) in [5.41, 5.74) is 0. The summed E-state index contributed by atoms with van der Waals surface area (Å²) < 4.78 is 0. The molecule has 6 fully saturated rings. The van der Waals surface area contributed by atoms with Crippen LogP contribution in [0, 0.1) is 0 Å². The van der Waals surface area contributed by atoms with Gasteiger partial charge < -0.3 is 0 Å². The van der Waals surface area contributed by atoms with E-state index < -0.39 is 0 Å². The van der Waals surface area contributed by atoms with Crippen LogP contribution in [-0.2, 0) is 0 Å². The van der Waals surface area contributed by atoms with Gasteiger partial charge in [0.25, 0.3) is 0 Å². The van der Waals surface area contributed by atoms with Gasteiger partial charge in [-0.05, 0) is 12.8 Å². The van der Waals surface area contributed by atoms with E-state index in [0.717, 1.165) is 52.4 Å². The zero-order valence-corrected chi connectivity index (χ0v) is 15.0. The minimum Gasteiger partial charge on any atom is -0.287 e. The van der Waals surface area contributed by atoms with Crippen LogP contribution in [-0.4, -0.2) is 130 Å². The van der Waals surface area contributed by atoms with E-state index in [-0.39, 0.29) is 24.4 Å². The number of carbonyl (C=O) groups excluding carboxylic acids is 2. The Bertz CT molecular complexity index is 548. The Morgan fingerprint density at radius 3 is 1.12 bits per heavy atom. The van der Waals surface area contributed by atoms with Crippen LogP contribution in [0.15, 0.2) is 0 Å². The second-order valence-corrected chi connectivity index (χ2v) is 8.40. The van der Waals surface area contributed by atoms with Crippen LogP contribution in [0.5, 0.6) is 0 Å². The van der Waals surface area contributed by atoms with Crippen molar-refractivity contribution >= 4 is 12.1 Å². The summed E-state index contributed by atoms with van der Waals surface area (Å²) in [6.07, 6.45) is 1.85. The summed E-state index contributed by atoms with van der Waals surface area (Å²) >= 11 is 0. The van der Waals surface area contributed by atoms with Crippen molar-refractivity contribution in [3.05, 3.63) is 0 Å². The Labute approximate surface area is 153 Å². The monoisotopic (exact) mass is 362 g/mol. The molecule has 10 nitrogen and oxygen atoms in total. The standard InChI is InChI=1S/C16H26N8O2/c25-15-21-9-17-3-1-4-18(7-17)10-22-13(21)14-23(15)11-19-5-2-6-20(8-19)12-24(14)16(22)26/h13-14H,1-12H2. The molecule has 6 aliphatic heterocycles. The molecule has 26 heavy (non-hydrogen) atoms. The van der Waals surface area contributed by atoms with Crippen LogP contribution < -0.4 is 0 Å². The Hall–Kier alpha value is -1.62. The largest absolute Gasteiger partial charge is 0.325 e. The Balaban J connectivity index is 1.41. The third kappa shape index (κ3) is 2.07. The fourth-order valence-corrected chi connectivity index (χ4v) is 5.55. The van der Waals surface area contributed by atoms with E-state index in [1.165, 1.54) is 0 Å². The maximum atomic E-state index is 13.3. The van der Waals surface area contributed by atoms with Gasteiger partial charge in [-0.3, -0.25) is 39.2 Å². The smallest absolute Gasteiger partial charge is 0.287 e. The molecule has 6 aliphatic rings. The second kappa shape index (κ2) is 5.44. The maximum absolute atomic E-state index is 13.3. The van der Waals surface area contributed by atoms with Gasteiger partial charge in [-0.1, -0.05) is 0 Å². The Morgan fingerprint density at radius 1 is 0.500 bits per heavy atom. The molecule has 0 aliphatic carbocycles. The molecule has 4 amide bonds. The molecule has 0 aromatic carbocycles. The van der Waals surface area contributed by atoms with E-state index in [1.807, 2.05) is 19.6 Å². The molecule has 0 aromatic rings. The molecule has 4 unspecified atom stereocenters. The Kier molecular flexibility index (Phi) is 3.23. The number of carbonyl (C=O) groups is 2. The molecule has 6 saturated heterocycles. The van der Waals surface area contributed by atoms with Crippen molar-refractivity contribution in [3.63, 3.8) is 0 Å². The van der Waals surface area contributed by atoms with Crippen LogP contribution >= 0.6 is 0 Å². The van der Waals surface area contributed by atoms with Gasteiger partial charge in [0.2, 0.25) is 0 Å². The van der Waals surface area contributed by atoms with Crippen molar-refractivity contribution in [2.24, 2.45) is 0 Å². The normalized spacial score (nSPS) is 44.5. The molecule has 10 heteroatoms. The lowest BCUT2D eigenvalue weighted by Gasteiger charge is -2.45. The van der Waals surface area contributed by atoms with Gasteiger partial charge in [-0.2, -0.15) is 0 Å². The summed E-state index contributed by atoms with van der Waals surface area (Å²) in [6.45, 7) is 8.24. The van der Waals surface area contributed by atoms with Crippen LogP contribution in [0.4, 0.5) is 9.59 Å². The number of nitrogens with zero attached hydrogens (tertiary/aromatic N) is 8. The number of rotatable bonds is 0. The molecule has 0 radical (unpaired) electrons. The number of amides is 4. The predicted octanol–water partition coefficient (Wildman–Crippen LogP) is -1.10. The lowest BCUT2D eigenvalue weighted by molar-refractivity contribution is -0.0449. The van der Waals surface area contributed by atoms with E-state index in [4.69, 9.17) is 0 Å². The van der Waals surface area contributed by atoms with Gasteiger partial charge in [0.05, 0.1) is 40.0 Å². The lowest BCUT2D eigenvalue weighted by atomic mass is 10.2. The predicted molar refractivity (Wildman–Crippen MR) is 91.0 cm³/mol. The first-order chi connectivity index (χ1) is 12.7. The van der Waals surface area contributed by atoms with Crippen molar-refractivity contribution in [2.75, 3.05) is 66.2 Å². The highest BCUT2D eigenvalue weighted by atomic mass is 16.2. The number of hydrogen-bond donors (Lipinski definition) is 0. The molecule has 142 valence electrons. The van der Waals surface area contributed by atoms with Crippen molar-refractivity contribution in [1.29, 1.82) is 0 Å². The van der Waals surface area contributed by atoms with Crippen molar-refractivity contribution < 1.29 is 9.59 Å². The van der Waals surface area contributed by atoms with Gasteiger partial charge in [0.1, 0.15) is 0 Å². The van der Waals surface area contributed by atoms with E-state index in [1.54, 1.807) is 0 Å². The minimum absolute atomic E-state index is 0.0838. The molecule has 4 atom stereocenters. The summed E-state index contributed by atoms with van der Waals surface area (Å²) in [6, 6.07) is 0.168. The molecule has 0 spiro atoms. The summed E-state index contributed by atoms with van der Waals surface area (Å²) in [5.74, 6) is 0. The molecule has 0 N–H and O–H groups in total. The molecule has 4 bridgehead atoms. The first-order valence-corrected chi connectivity index (χ1v) is 9.73. The van der Waals surface area contributed by atoms with E-state index in [0.29, 0.717) is 26.7 Å². The van der Waals surface area contributed by atoms with Gasteiger partial charge in [-0.15, -0.1) is 0 Å². The third-order valence-electron chi connectivity index (χ3n) is 6.63. The molecule has 6 rings (SSSR count). The SMILES string of the molecule is O=C1N2CN3CCCN(C3)CN3C(=O)N4CN5CCCN(C5)CN1C4C23. The number of hydrogen-bond acceptors (Lipinski definition) is 6. The highest BCUT2D eigenvalue weighted by Crippen LogP contribution is 2.38. The molecular weight excluding hydrogens is 336 g/mol. The van der Waals surface area contributed by atoms with E-state index in [2.05, 4.69) is 19.6 Å². The topological polar surface area (TPSA) is 60.1 Å². The third-order valence-corrected chi connectivity index (χ3v) is 6.63. The molecular formula is C16H26N8O2. The second-order valence-electron chi connectivity index (χ2n) is 8.40. The average Bonchev–Trinajstić information content (AvgIpc) is 3.02. The van der Waals surface area contributed by atoms with Gasteiger partial charge in [0, 0.05) is 26.2 Å². The van der Waals surface area contributed by atoms with Gasteiger partial charge >= 0.3 is 12.1 Å². The minimum atomic E-state index is -0.167. The zero-order valence-electron chi connectivity index (χ0n) is 15.0. The lowest BCUT2D eigenvalue weighted by Crippen LogP contribution is -2.61. The first kappa shape index (κ1) is 15.4. The highest BCUT2D eigenvalue weighted by molar-refractivity contribution is 5.85. The van der Waals surface area contributed by atoms with Gasteiger partial charge in [-0.25, -0.2) is 9.59 Å². The van der Waals surface area contributed by atoms with Crippen LogP contribution in [0.1, 0.15) is 12.8 Å². The van der Waals surface area contributed by atoms with Crippen LogP contribution in [0.2, 0.25) is 0 Å². The number of fused-ring (bicyclic) bond motifs is 4. The van der Waals surface area contributed by atoms with Crippen LogP contribution in [0.25, 0.3) is 0 Å². The Morgan fingerprint density at radius 2 is 0.808 bits per heavy atom. The highest BCUT2D eigenvalue weighted by Gasteiger charge is 2.61. The van der Waals surface area contributed by atoms with Crippen molar-refractivity contribution in [2.45, 2.75) is 25.2 Å². The van der Waals surface area contributed by atoms with E-state index >= 15 is 0 Å². The average molecular weight is 362 g/mol. The summed E-state index contributed by atoms with van der Waals surface area (Å²) in [7, 11) is 0.